The molecule has 0 unspecified atom stereocenters. The third-order valence-electron chi connectivity index (χ3n) is 8.13. The molecule has 1 N–H and O–H groups in total. The summed E-state index contributed by atoms with van der Waals surface area (Å²) in [6.45, 7) is 0. The van der Waals surface area contributed by atoms with Crippen molar-refractivity contribution in [2.75, 3.05) is 19.1 Å². The molecule has 2 heterocycles. The van der Waals surface area contributed by atoms with Crippen LogP contribution in [-0.4, -0.2) is 57.7 Å². The van der Waals surface area contributed by atoms with Gasteiger partial charge in [-0.25, -0.2) is 14.4 Å². The molecule has 0 radical (unpaired) electrons. The molecule has 3 aliphatic rings. The average Bonchev–Trinajstić information content (AvgIpc) is 3.77. The number of ether oxygens (including phenoxy) is 2. The predicted molar refractivity (Wildman–Crippen MR) is 138 cm³/mol. The standard InChI is InChI=1S/C28H32FN5O3/c1-36-24-13-19(14-31-28(24)37-2)17-6-9-21(23(35)12-17)27-30-15-25(32-33-27)34(20-7-8-20)22-11-16-4-3-5-18(10-16)26(22)29/h6,9,12-16,18,20,22,26,35H,3-5,7-8,10-11H2,1-2H3/t16-,18+,22+,26-/m1/s1. The summed E-state index contributed by atoms with van der Waals surface area (Å²) in [7, 11) is 3.08. The summed E-state index contributed by atoms with van der Waals surface area (Å²) in [4.78, 5) is 11.0. The summed E-state index contributed by atoms with van der Waals surface area (Å²) in [5.74, 6) is 2.65. The van der Waals surface area contributed by atoms with Gasteiger partial charge in [-0.05, 0) is 67.7 Å². The van der Waals surface area contributed by atoms with Crippen molar-refractivity contribution in [1.82, 2.24) is 20.2 Å². The van der Waals surface area contributed by atoms with E-state index >= 15 is 4.39 Å². The first-order valence-corrected chi connectivity index (χ1v) is 13.1. The maximum absolute atomic E-state index is 15.5. The molecule has 3 saturated carbocycles. The molecule has 2 aromatic heterocycles. The predicted octanol–water partition coefficient (Wildman–Crippen LogP) is 5.21. The molecule has 3 fully saturated rings. The Balaban J connectivity index is 1.25. The monoisotopic (exact) mass is 505 g/mol. The SMILES string of the molecule is COc1cc(-c2ccc(-c3ncc(N(C4CC4)[C@H]4C[C@@H]5CCC[C@@H](C5)[C@H]4F)nn3)c(O)c2)cnc1OC. The second kappa shape index (κ2) is 9.76. The van der Waals surface area contributed by atoms with Crippen LogP contribution in [0.25, 0.3) is 22.5 Å². The van der Waals surface area contributed by atoms with Gasteiger partial charge in [-0.1, -0.05) is 18.9 Å². The van der Waals surface area contributed by atoms with Crippen LogP contribution in [0.2, 0.25) is 0 Å². The zero-order valence-electron chi connectivity index (χ0n) is 21.2. The number of fused-ring (bicyclic) bond motifs is 2. The molecule has 8 nitrogen and oxygen atoms in total. The van der Waals surface area contributed by atoms with Gasteiger partial charge >= 0.3 is 0 Å². The minimum Gasteiger partial charge on any atom is -0.507 e. The second-order valence-corrected chi connectivity index (χ2v) is 10.5. The molecular weight excluding hydrogens is 473 g/mol. The van der Waals surface area contributed by atoms with Gasteiger partial charge in [0.2, 0.25) is 0 Å². The Morgan fingerprint density at radius 2 is 1.81 bits per heavy atom. The number of pyridine rings is 1. The number of alkyl halides is 1. The summed E-state index contributed by atoms with van der Waals surface area (Å²) in [5.41, 5.74) is 2.01. The fourth-order valence-electron chi connectivity index (χ4n) is 6.17. The largest absolute Gasteiger partial charge is 0.507 e. The zero-order chi connectivity index (χ0) is 25.5. The lowest BCUT2D eigenvalue weighted by atomic mass is 9.69. The average molecular weight is 506 g/mol. The summed E-state index contributed by atoms with van der Waals surface area (Å²) < 4.78 is 26.1. The molecular formula is C28H32FN5O3. The number of aromatic nitrogens is 4. The Morgan fingerprint density at radius 1 is 0.946 bits per heavy atom. The number of rotatable bonds is 7. The molecule has 3 aliphatic carbocycles. The first-order valence-electron chi connectivity index (χ1n) is 13.1. The van der Waals surface area contributed by atoms with Gasteiger partial charge < -0.3 is 19.5 Å². The van der Waals surface area contributed by atoms with Crippen LogP contribution < -0.4 is 14.4 Å². The van der Waals surface area contributed by atoms with E-state index in [1.165, 1.54) is 13.5 Å². The van der Waals surface area contributed by atoms with Crippen LogP contribution in [0.15, 0.2) is 36.7 Å². The van der Waals surface area contributed by atoms with Crippen LogP contribution in [0.4, 0.5) is 10.2 Å². The third kappa shape index (κ3) is 4.55. The first kappa shape index (κ1) is 23.9. The highest BCUT2D eigenvalue weighted by molar-refractivity contribution is 5.73. The summed E-state index contributed by atoms with van der Waals surface area (Å²) in [6, 6.07) is 7.22. The molecule has 0 spiro atoms. The Hall–Kier alpha value is -3.49. The minimum atomic E-state index is -0.832. The number of phenolic OH excluding ortho intramolecular Hbond substituents is 1. The lowest BCUT2D eigenvalue weighted by Crippen LogP contribution is -2.52. The first-order chi connectivity index (χ1) is 18.1. The maximum atomic E-state index is 15.5. The van der Waals surface area contributed by atoms with Gasteiger partial charge in [0.15, 0.2) is 17.4 Å². The molecule has 0 amide bonds. The Morgan fingerprint density at radius 3 is 2.51 bits per heavy atom. The molecule has 4 atom stereocenters. The molecule has 3 aromatic rings. The van der Waals surface area contributed by atoms with E-state index in [2.05, 4.69) is 25.1 Å². The normalized spacial score (nSPS) is 24.9. The summed E-state index contributed by atoms with van der Waals surface area (Å²) in [5, 5.41) is 19.6. The van der Waals surface area contributed by atoms with Crippen molar-refractivity contribution in [3.05, 3.63) is 36.7 Å². The van der Waals surface area contributed by atoms with Crippen molar-refractivity contribution in [2.45, 2.75) is 63.2 Å². The second-order valence-electron chi connectivity index (χ2n) is 10.5. The van der Waals surface area contributed by atoms with Gasteiger partial charge in [0.05, 0.1) is 32.0 Å². The minimum absolute atomic E-state index is 0.0322. The van der Waals surface area contributed by atoms with Gasteiger partial charge in [0.25, 0.3) is 5.88 Å². The van der Waals surface area contributed by atoms with E-state index < -0.39 is 6.17 Å². The van der Waals surface area contributed by atoms with E-state index in [9.17, 15) is 5.11 Å². The van der Waals surface area contributed by atoms with Crippen molar-refractivity contribution < 1.29 is 19.0 Å². The summed E-state index contributed by atoms with van der Waals surface area (Å²) >= 11 is 0. The smallest absolute Gasteiger partial charge is 0.256 e. The van der Waals surface area contributed by atoms with Gasteiger partial charge in [-0.2, -0.15) is 0 Å². The number of hydrogen-bond acceptors (Lipinski definition) is 8. The lowest BCUT2D eigenvalue weighted by Gasteiger charge is -2.46. The van der Waals surface area contributed by atoms with Crippen LogP contribution in [0.1, 0.15) is 44.9 Å². The topological polar surface area (TPSA) is 93.5 Å². The highest BCUT2D eigenvalue weighted by Gasteiger charge is 2.46. The number of hydrogen-bond donors (Lipinski definition) is 1. The van der Waals surface area contributed by atoms with Crippen LogP contribution in [0, 0.1) is 11.8 Å². The van der Waals surface area contributed by atoms with E-state index in [0.29, 0.717) is 40.8 Å². The molecule has 6 rings (SSSR count). The third-order valence-corrected chi connectivity index (χ3v) is 8.13. The highest BCUT2D eigenvalue weighted by atomic mass is 19.1. The van der Waals surface area contributed by atoms with E-state index in [4.69, 9.17) is 9.47 Å². The highest BCUT2D eigenvalue weighted by Crippen LogP contribution is 2.46. The number of aromatic hydroxyl groups is 1. The molecule has 9 heteroatoms. The van der Waals surface area contributed by atoms with E-state index in [1.807, 2.05) is 6.07 Å². The molecule has 2 bridgehead atoms. The van der Waals surface area contributed by atoms with Gasteiger partial charge in [0.1, 0.15) is 11.9 Å². The lowest BCUT2D eigenvalue weighted by molar-refractivity contribution is 0.0631. The molecule has 1 aromatic carbocycles. The summed E-state index contributed by atoms with van der Waals surface area (Å²) in [6.07, 6.45) is 9.85. The van der Waals surface area contributed by atoms with Crippen molar-refractivity contribution >= 4 is 5.82 Å². The van der Waals surface area contributed by atoms with Gasteiger partial charge in [-0.15, -0.1) is 10.2 Å². The fraction of sp³-hybridized carbons (Fsp3) is 0.500. The van der Waals surface area contributed by atoms with Crippen molar-refractivity contribution in [2.24, 2.45) is 11.8 Å². The van der Waals surface area contributed by atoms with Crippen molar-refractivity contribution in [3.8, 4) is 39.9 Å². The van der Waals surface area contributed by atoms with Gasteiger partial charge in [-0.3, -0.25) is 0 Å². The number of benzene rings is 1. The van der Waals surface area contributed by atoms with Crippen LogP contribution in [0.3, 0.4) is 0 Å². The number of anilines is 1. The van der Waals surface area contributed by atoms with E-state index in [-0.39, 0.29) is 17.7 Å². The van der Waals surface area contributed by atoms with Crippen molar-refractivity contribution in [3.63, 3.8) is 0 Å². The molecule has 194 valence electrons. The van der Waals surface area contributed by atoms with Crippen LogP contribution in [0.5, 0.6) is 17.4 Å². The Labute approximate surface area is 215 Å². The Kier molecular flexibility index (Phi) is 6.30. The molecule has 37 heavy (non-hydrogen) atoms. The van der Waals surface area contributed by atoms with Gasteiger partial charge in [0, 0.05) is 17.8 Å². The number of methoxy groups -OCH3 is 2. The number of nitrogens with zero attached hydrogens (tertiary/aromatic N) is 5. The molecule has 0 aliphatic heterocycles. The number of phenols is 1. The quantitative estimate of drug-likeness (QED) is 0.468. The zero-order valence-corrected chi connectivity index (χ0v) is 21.2. The van der Waals surface area contributed by atoms with Crippen molar-refractivity contribution in [1.29, 1.82) is 0 Å². The van der Waals surface area contributed by atoms with Crippen LogP contribution >= 0.6 is 0 Å². The molecule has 0 saturated heterocycles. The fourth-order valence-corrected chi connectivity index (χ4v) is 6.17. The van der Waals surface area contributed by atoms with Crippen LogP contribution in [-0.2, 0) is 0 Å². The number of halogens is 1. The maximum Gasteiger partial charge on any atom is 0.256 e. The van der Waals surface area contributed by atoms with E-state index in [1.54, 1.807) is 37.7 Å². The Bertz CT molecular complexity index is 1270. The van der Waals surface area contributed by atoms with E-state index in [0.717, 1.165) is 49.7 Å².